The van der Waals surface area contributed by atoms with Crippen molar-refractivity contribution in [1.82, 2.24) is 9.78 Å². The first kappa shape index (κ1) is 11.3. The number of halogens is 1. The predicted octanol–water partition coefficient (Wildman–Crippen LogP) is 2.15. The lowest BCUT2D eigenvalue weighted by molar-refractivity contribution is 0.291. The van der Waals surface area contributed by atoms with Crippen molar-refractivity contribution in [3.8, 4) is 5.75 Å². The monoisotopic (exact) mass is 329 g/mol. The Morgan fingerprint density at radius 1 is 1.44 bits per heavy atom. The van der Waals surface area contributed by atoms with E-state index in [1.165, 1.54) is 3.57 Å². The zero-order valence-electron chi connectivity index (χ0n) is 8.64. The third kappa shape index (κ3) is 3.13. The van der Waals surface area contributed by atoms with E-state index in [1.54, 1.807) is 17.1 Å². The van der Waals surface area contributed by atoms with Gasteiger partial charge in [-0.25, -0.2) is 0 Å². The number of hydrogen-bond donors (Lipinski definition) is 1. The van der Waals surface area contributed by atoms with Crippen molar-refractivity contribution < 1.29 is 4.74 Å². The molecule has 2 rings (SSSR count). The average molecular weight is 329 g/mol. The summed E-state index contributed by atoms with van der Waals surface area (Å²) in [5.74, 6) is 0.882. The Bertz CT molecular complexity index is 470. The zero-order valence-corrected chi connectivity index (χ0v) is 10.8. The summed E-state index contributed by atoms with van der Waals surface area (Å²) in [5, 5.41) is 4.07. The van der Waals surface area contributed by atoms with Crippen molar-refractivity contribution in [1.29, 1.82) is 0 Å². The molecule has 0 saturated carbocycles. The standard InChI is InChI=1S/C11H12IN3O/c12-9-2-1-3-11(6-9)16-5-4-15-8-10(13)7-14-15/h1-3,6-8H,4-5,13H2. The topological polar surface area (TPSA) is 53.1 Å². The lowest BCUT2D eigenvalue weighted by Gasteiger charge is -2.06. The second-order valence-corrected chi connectivity index (χ2v) is 4.59. The second kappa shape index (κ2) is 5.20. The molecular weight excluding hydrogens is 317 g/mol. The van der Waals surface area contributed by atoms with Crippen molar-refractivity contribution >= 4 is 28.3 Å². The summed E-state index contributed by atoms with van der Waals surface area (Å²) in [6.45, 7) is 1.28. The molecule has 0 aliphatic rings. The van der Waals surface area contributed by atoms with E-state index < -0.39 is 0 Å². The maximum Gasteiger partial charge on any atom is 0.120 e. The summed E-state index contributed by atoms with van der Waals surface area (Å²) in [4.78, 5) is 0. The van der Waals surface area contributed by atoms with Crippen LogP contribution in [0.15, 0.2) is 36.7 Å². The number of rotatable bonds is 4. The van der Waals surface area contributed by atoms with Gasteiger partial charge in [0.15, 0.2) is 0 Å². The van der Waals surface area contributed by atoms with Gasteiger partial charge in [-0.2, -0.15) is 5.10 Å². The van der Waals surface area contributed by atoms with Crippen LogP contribution < -0.4 is 10.5 Å². The van der Waals surface area contributed by atoms with Crippen LogP contribution in [-0.2, 0) is 6.54 Å². The van der Waals surface area contributed by atoms with Crippen molar-refractivity contribution in [2.75, 3.05) is 12.3 Å². The van der Waals surface area contributed by atoms with Crippen LogP contribution in [0.5, 0.6) is 5.75 Å². The van der Waals surface area contributed by atoms with Crippen LogP contribution in [0.3, 0.4) is 0 Å². The normalized spacial score (nSPS) is 10.3. The van der Waals surface area contributed by atoms with Gasteiger partial charge in [0.1, 0.15) is 12.4 Å². The van der Waals surface area contributed by atoms with E-state index in [0.29, 0.717) is 18.8 Å². The molecule has 2 aromatic rings. The number of anilines is 1. The SMILES string of the molecule is Nc1cnn(CCOc2cccc(I)c2)c1. The maximum absolute atomic E-state index is 5.59. The van der Waals surface area contributed by atoms with Crippen LogP contribution in [0.25, 0.3) is 0 Å². The molecule has 0 aliphatic heterocycles. The number of nitrogens with two attached hydrogens (primary N) is 1. The molecule has 0 radical (unpaired) electrons. The minimum atomic E-state index is 0.585. The Morgan fingerprint density at radius 2 is 2.31 bits per heavy atom. The molecule has 2 N–H and O–H groups in total. The summed E-state index contributed by atoms with van der Waals surface area (Å²) in [5.41, 5.74) is 6.23. The van der Waals surface area contributed by atoms with Crippen molar-refractivity contribution in [3.05, 3.63) is 40.2 Å². The van der Waals surface area contributed by atoms with Gasteiger partial charge in [-0.1, -0.05) is 6.07 Å². The summed E-state index contributed by atoms with van der Waals surface area (Å²) >= 11 is 2.26. The molecule has 16 heavy (non-hydrogen) atoms. The number of nitrogen functional groups attached to an aromatic ring is 1. The molecule has 0 unspecified atom stereocenters. The van der Waals surface area contributed by atoms with E-state index in [9.17, 15) is 0 Å². The summed E-state index contributed by atoms with van der Waals surface area (Å²) in [6, 6.07) is 7.95. The van der Waals surface area contributed by atoms with Gasteiger partial charge >= 0.3 is 0 Å². The average Bonchev–Trinajstić information content (AvgIpc) is 2.64. The van der Waals surface area contributed by atoms with Crippen LogP contribution in [0.1, 0.15) is 0 Å². The van der Waals surface area contributed by atoms with E-state index in [-0.39, 0.29) is 0 Å². The lowest BCUT2D eigenvalue weighted by atomic mass is 10.3. The second-order valence-electron chi connectivity index (χ2n) is 3.34. The Hall–Kier alpha value is -1.24. The molecule has 1 heterocycles. The fourth-order valence-corrected chi connectivity index (χ4v) is 1.83. The molecule has 1 aromatic heterocycles. The molecule has 84 valence electrons. The molecule has 0 saturated heterocycles. The minimum Gasteiger partial charge on any atom is -0.492 e. The predicted molar refractivity (Wildman–Crippen MR) is 71.3 cm³/mol. The van der Waals surface area contributed by atoms with E-state index in [2.05, 4.69) is 27.7 Å². The number of benzene rings is 1. The van der Waals surface area contributed by atoms with Crippen LogP contribution in [-0.4, -0.2) is 16.4 Å². The fraction of sp³-hybridized carbons (Fsp3) is 0.182. The fourth-order valence-electron chi connectivity index (χ4n) is 1.32. The molecule has 0 fully saturated rings. The van der Waals surface area contributed by atoms with Crippen LogP contribution in [0.4, 0.5) is 5.69 Å². The highest BCUT2D eigenvalue weighted by molar-refractivity contribution is 14.1. The quantitative estimate of drug-likeness (QED) is 0.875. The maximum atomic E-state index is 5.59. The Balaban J connectivity index is 1.84. The molecular formula is C11H12IN3O. The van der Waals surface area contributed by atoms with Crippen LogP contribution in [0.2, 0.25) is 0 Å². The highest BCUT2D eigenvalue weighted by atomic mass is 127. The Kier molecular flexibility index (Phi) is 3.66. The number of ether oxygens (including phenoxy) is 1. The molecule has 0 atom stereocenters. The van der Waals surface area contributed by atoms with Gasteiger partial charge in [-0.3, -0.25) is 4.68 Å². The van der Waals surface area contributed by atoms with Gasteiger partial charge in [0.2, 0.25) is 0 Å². The number of hydrogen-bond acceptors (Lipinski definition) is 3. The molecule has 0 aliphatic carbocycles. The lowest BCUT2D eigenvalue weighted by Crippen LogP contribution is -2.08. The highest BCUT2D eigenvalue weighted by Gasteiger charge is 1.97. The van der Waals surface area contributed by atoms with E-state index in [0.717, 1.165) is 5.75 Å². The van der Waals surface area contributed by atoms with Crippen molar-refractivity contribution in [2.45, 2.75) is 6.54 Å². The van der Waals surface area contributed by atoms with Gasteiger partial charge in [0.25, 0.3) is 0 Å². The molecule has 0 amide bonds. The van der Waals surface area contributed by atoms with Gasteiger partial charge < -0.3 is 10.5 Å². The summed E-state index contributed by atoms with van der Waals surface area (Å²) in [7, 11) is 0. The molecule has 1 aromatic carbocycles. The smallest absolute Gasteiger partial charge is 0.120 e. The summed E-state index contributed by atoms with van der Waals surface area (Å²) < 4.78 is 8.53. The third-order valence-electron chi connectivity index (χ3n) is 2.04. The first-order valence-electron chi connectivity index (χ1n) is 4.90. The highest BCUT2D eigenvalue weighted by Crippen LogP contribution is 2.14. The zero-order chi connectivity index (χ0) is 11.4. The van der Waals surface area contributed by atoms with Gasteiger partial charge in [0, 0.05) is 9.77 Å². The first-order valence-corrected chi connectivity index (χ1v) is 5.98. The van der Waals surface area contributed by atoms with E-state index >= 15 is 0 Å². The molecule has 0 spiro atoms. The first-order chi connectivity index (χ1) is 7.74. The van der Waals surface area contributed by atoms with E-state index in [1.807, 2.05) is 24.3 Å². The van der Waals surface area contributed by atoms with Gasteiger partial charge in [0.05, 0.1) is 18.4 Å². The van der Waals surface area contributed by atoms with Crippen LogP contribution >= 0.6 is 22.6 Å². The largest absolute Gasteiger partial charge is 0.492 e. The molecule has 4 nitrogen and oxygen atoms in total. The summed E-state index contributed by atoms with van der Waals surface area (Å²) in [6.07, 6.45) is 3.42. The molecule has 0 bridgehead atoms. The van der Waals surface area contributed by atoms with Crippen LogP contribution in [0, 0.1) is 3.57 Å². The Labute approximate surface area is 108 Å². The van der Waals surface area contributed by atoms with Crippen molar-refractivity contribution in [3.63, 3.8) is 0 Å². The third-order valence-corrected chi connectivity index (χ3v) is 2.71. The van der Waals surface area contributed by atoms with Crippen molar-refractivity contribution in [2.24, 2.45) is 0 Å². The van der Waals surface area contributed by atoms with Gasteiger partial charge in [-0.15, -0.1) is 0 Å². The minimum absolute atomic E-state index is 0.585. The number of nitrogens with zero attached hydrogens (tertiary/aromatic N) is 2. The van der Waals surface area contributed by atoms with E-state index in [4.69, 9.17) is 10.5 Å². The molecule has 5 heteroatoms. The van der Waals surface area contributed by atoms with Gasteiger partial charge in [-0.05, 0) is 40.8 Å². The number of aromatic nitrogens is 2. The Morgan fingerprint density at radius 3 is 3.00 bits per heavy atom.